The van der Waals surface area contributed by atoms with Gasteiger partial charge in [-0.25, -0.2) is 4.79 Å². The highest BCUT2D eigenvalue weighted by Gasteiger charge is 2.37. The van der Waals surface area contributed by atoms with E-state index in [1.807, 2.05) is 54.6 Å². The van der Waals surface area contributed by atoms with E-state index in [1.54, 1.807) is 4.90 Å². The third-order valence-corrected chi connectivity index (χ3v) is 4.85. The van der Waals surface area contributed by atoms with Gasteiger partial charge in [0.05, 0.1) is 12.6 Å². The van der Waals surface area contributed by atoms with Gasteiger partial charge < -0.3 is 15.3 Å². The van der Waals surface area contributed by atoms with Crippen LogP contribution in [0.3, 0.4) is 0 Å². The summed E-state index contributed by atoms with van der Waals surface area (Å²) in [5.41, 5.74) is 3.03. The van der Waals surface area contributed by atoms with Gasteiger partial charge in [0.25, 0.3) is 0 Å². The molecule has 25 heavy (non-hydrogen) atoms. The van der Waals surface area contributed by atoms with Crippen molar-refractivity contribution in [3.05, 3.63) is 65.7 Å². The molecule has 132 valence electrons. The summed E-state index contributed by atoms with van der Waals surface area (Å²) < 4.78 is 0. The molecule has 0 aliphatic heterocycles. The number of anilines is 1. The van der Waals surface area contributed by atoms with E-state index >= 15 is 0 Å². The van der Waals surface area contributed by atoms with Crippen molar-refractivity contribution in [1.29, 1.82) is 0 Å². The Morgan fingerprint density at radius 1 is 1.16 bits per heavy atom. The topological polar surface area (TPSA) is 52.6 Å². The highest BCUT2D eigenvalue weighted by atomic mass is 16.3. The van der Waals surface area contributed by atoms with Crippen LogP contribution in [0.15, 0.2) is 54.6 Å². The molecular formula is C21H26N2O2. The summed E-state index contributed by atoms with van der Waals surface area (Å²) in [7, 11) is 0. The normalized spacial score (nSPS) is 14.8. The number of amides is 2. The summed E-state index contributed by atoms with van der Waals surface area (Å²) in [4.78, 5) is 14.8. The quantitative estimate of drug-likeness (QED) is 0.800. The Morgan fingerprint density at radius 2 is 1.84 bits per heavy atom. The van der Waals surface area contributed by atoms with Gasteiger partial charge in [-0.2, -0.15) is 0 Å². The van der Waals surface area contributed by atoms with Crippen LogP contribution in [-0.4, -0.2) is 28.7 Å². The Balaban J connectivity index is 1.81. The second-order valence-corrected chi connectivity index (χ2v) is 6.64. The number of aryl methyl sites for hydroxylation is 1. The minimum absolute atomic E-state index is 0.000342. The van der Waals surface area contributed by atoms with Gasteiger partial charge >= 0.3 is 6.03 Å². The Hall–Kier alpha value is -2.33. The Morgan fingerprint density at radius 3 is 2.48 bits per heavy atom. The fraction of sp³-hybridized carbons (Fsp3) is 0.381. The van der Waals surface area contributed by atoms with Crippen LogP contribution in [0.4, 0.5) is 10.5 Å². The average molecular weight is 338 g/mol. The molecule has 4 nitrogen and oxygen atoms in total. The predicted molar refractivity (Wildman–Crippen MR) is 100 cm³/mol. The number of rotatable bonds is 7. The maximum absolute atomic E-state index is 13.0. The van der Waals surface area contributed by atoms with Gasteiger partial charge in [-0.3, -0.25) is 0 Å². The molecule has 3 rings (SSSR count). The van der Waals surface area contributed by atoms with E-state index in [0.29, 0.717) is 12.5 Å². The fourth-order valence-corrected chi connectivity index (χ4v) is 3.24. The highest BCUT2D eigenvalue weighted by molar-refractivity contribution is 5.90. The lowest BCUT2D eigenvalue weighted by Gasteiger charge is -2.31. The van der Waals surface area contributed by atoms with Crippen LogP contribution in [0.5, 0.6) is 0 Å². The van der Waals surface area contributed by atoms with Crippen molar-refractivity contribution in [2.75, 3.05) is 11.9 Å². The lowest BCUT2D eigenvalue weighted by atomic mass is 10.1. The number of nitrogens with one attached hydrogen (secondary N) is 1. The van der Waals surface area contributed by atoms with E-state index in [9.17, 15) is 9.90 Å². The molecule has 1 saturated carbocycles. The summed E-state index contributed by atoms with van der Waals surface area (Å²) in [6.45, 7) is 2.58. The second-order valence-electron chi connectivity index (χ2n) is 6.64. The largest absolute Gasteiger partial charge is 0.394 e. The smallest absolute Gasteiger partial charge is 0.322 e. The molecule has 4 heteroatoms. The number of nitrogens with zero attached hydrogens (tertiary/aromatic N) is 1. The molecule has 2 aromatic rings. The SMILES string of the molecule is CCc1ccccc1NC(=O)N(Cc1ccccc1)C(CO)C1CC1. The maximum Gasteiger partial charge on any atom is 0.322 e. The summed E-state index contributed by atoms with van der Waals surface area (Å²) in [5.74, 6) is 0.404. The van der Waals surface area contributed by atoms with Crippen molar-refractivity contribution in [2.24, 2.45) is 5.92 Å². The molecule has 0 saturated heterocycles. The van der Waals surface area contributed by atoms with Crippen LogP contribution >= 0.6 is 0 Å². The van der Waals surface area contributed by atoms with Crippen molar-refractivity contribution in [3.63, 3.8) is 0 Å². The average Bonchev–Trinajstić information content (AvgIpc) is 3.48. The fourth-order valence-electron chi connectivity index (χ4n) is 3.24. The third-order valence-electron chi connectivity index (χ3n) is 4.85. The lowest BCUT2D eigenvalue weighted by molar-refractivity contribution is 0.124. The monoisotopic (exact) mass is 338 g/mol. The second kappa shape index (κ2) is 8.17. The van der Waals surface area contributed by atoms with Crippen molar-refractivity contribution in [2.45, 2.75) is 38.8 Å². The summed E-state index contributed by atoms with van der Waals surface area (Å²) >= 11 is 0. The molecule has 2 N–H and O–H groups in total. The first-order valence-electron chi connectivity index (χ1n) is 9.03. The van der Waals surface area contributed by atoms with Crippen molar-refractivity contribution in [1.82, 2.24) is 4.90 Å². The van der Waals surface area contributed by atoms with Crippen LogP contribution < -0.4 is 5.32 Å². The van der Waals surface area contributed by atoms with Gasteiger partial charge in [-0.05, 0) is 42.4 Å². The number of benzene rings is 2. The van der Waals surface area contributed by atoms with Crippen LogP contribution in [0, 0.1) is 5.92 Å². The minimum Gasteiger partial charge on any atom is -0.394 e. The maximum atomic E-state index is 13.0. The number of carbonyl (C=O) groups is 1. The van der Waals surface area contributed by atoms with Gasteiger partial charge in [0, 0.05) is 12.2 Å². The van der Waals surface area contributed by atoms with Gasteiger partial charge in [-0.1, -0.05) is 55.5 Å². The number of hydrogen-bond acceptors (Lipinski definition) is 2. The van der Waals surface area contributed by atoms with Crippen LogP contribution in [0.2, 0.25) is 0 Å². The van der Waals surface area contributed by atoms with E-state index < -0.39 is 0 Å². The number of carbonyl (C=O) groups excluding carboxylic acids is 1. The van der Waals surface area contributed by atoms with Crippen LogP contribution in [0.25, 0.3) is 0 Å². The minimum atomic E-state index is -0.143. The lowest BCUT2D eigenvalue weighted by Crippen LogP contribution is -2.45. The van der Waals surface area contributed by atoms with E-state index in [0.717, 1.165) is 36.1 Å². The molecule has 2 aromatic carbocycles. The summed E-state index contributed by atoms with van der Waals surface area (Å²) in [6.07, 6.45) is 3.02. The molecule has 1 unspecified atom stereocenters. The molecule has 1 fully saturated rings. The molecule has 0 bridgehead atoms. The first kappa shape index (κ1) is 17.5. The zero-order chi connectivity index (χ0) is 17.6. The number of aliphatic hydroxyl groups excluding tert-OH is 1. The molecule has 2 amide bonds. The van der Waals surface area contributed by atoms with Crippen molar-refractivity contribution >= 4 is 11.7 Å². The van der Waals surface area contributed by atoms with Gasteiger partial charge in [0.1, 0.15) is 0 Å². The number of hydrogen-bond donors (Lipinski definition) is 2. The number of para-hydroxylation sites is 1. The zero-order valence-corrected chi connectivity index (χ0v) is 14.7. The molecule has 0 heterocycles. The zero-order valence-electron chi connectivity index (χ0n) is 14.7. The third kappa shape index (κ3) is 4.40. The molecular weight excluding hydrogens is 312 g/mol. The van der Waals surface area contributed by atoms with E-state index in [1.165, 1.54) is 0 Å². The summed E-state index contributed by atoms with van der Waals surface area (Å²) in [5, 5.41) is 12.9. The molecule has 1 aliphatic rings. The number of urea groups is 1. The van der Waals surface area contributed by atoms with E-state index in [-0.39, 0.29) is 18.7 Å². The Kier molecular flexibility index (Phi) is 5.71. The molecule has 0 spiro atoms. The van der Waals surface area contributed by atoms with E-state index in [4.69, 9.17) is 0 Å². The van der Waals surface area contributed by atoms with Gasteiger partial charge in [0.2, 0.25) is 0 Å². The first-order chi connectivity index (χ1) is 12.2. The van der Waals surface area contributed by atoms with Crippen molar-refractivity contribution < 1.29 is 9.90 Å². The molecule has 1 aliphatic carbocycles. The predicted octanol–water partition coefficient (Wildman–Crippen LogP) is 4.05. The summed E-state index contributed by atoms with van der Waals surface area (Å²) in [6, 6.07) is 17.6. The highest BCUT2D eigenvalue weighted by Crippen LogP contribution is 2.36. The standard InChI is InChI=1S/C21H26N2O2/c1-2-17-10-6-7-11-19(17)22-21(25)23(20(15-24)18-12-13-18)14-16-8-4-3-5-9-16/h3-11,18,20,24H,2,12-15H2,1H3,(H,22,25). The van der Waals surface area contributed by atoms with E-state index in [2.05, 4.69) is 12.2 Å². The Labute approximate surface area is 149 Å². The first-order valence-corrected chi connectivity index (χ1v) is 9.03. The molecule has 0 radical (unpaired) electrons. The molecule has 0 aromatic heterocycles. The van der Waals surface area contributed by atoms with Crippen LogP contribution in [0.1, 0.15) is 30.9 Å². The van der Waals surface area contributed by atoms with Gasteiger partial charge in [0.15, 0.2) is 0 Å². The van der Waals surface area contributed by atoms with Crippen molar-refractivity contribution in [3.8, 4) is 0 Å². The number of aliphatic hydroxyl groups is 1. The van der Waals surface area contributed by atoms with Crippen LogP contribution in [-0.2, 0) is 13.0 Å². The Bertz CT molecular complexity index is 698. The molecule has 1 atom stereocenters. The van der Waals surface area contributed by atoms with Gasteiger partial charge in [-0.15, -0.1) is 0 Å².